The summed E-state index contributed by atoms with van der Waals surface area (Å²) in [6, 6.07) is 6.33. The minimum Gasteiger partial charge on any atom is -0.382 e. The van der Waals surface area contributed by atoms with Gasteiger partial charge in [0.25, 0.3) is 0 Å². The van der Waals surface area contributed by atoms with Crippen LogP contribution in [0.3, 0.4) is 0 Å². The highest BCUT2D eigenvalue weighted by Crippen LogP contribution is 2.25. The van der Waals surface area contributed by atoms with E-state index in [1.54, 1.807) is 7.11 Å². The minimum absolute atomic E-state index is 0.105. The summed E-state index contributed by atoms with van der Waals surface area (Å²) in [6.07, 6.45) is 0.930. The lowest BCUT2D eigenvalue weighted by Gasteiger charge is -2.11. The number of alkyl halides is 1. The van der Waals surface area contributed by atoms with Crippen LogP contribution in [-0.2, 0) is 16.0 Å². The van der Waals surface area contributed by atoms with E-state index in [-0.39, 0.29) is 5.38 Å². The molecular weight excluding hydrogens is 288 g/mol. The first-order valence-electron chi connectivity index (χ1n) is 7.31. The van der Waals surface area contributed by atoms with Gasteiger partial charge in [0.2, 0.25) is 0 Å². The Balaban J connectivity index is 2.08. The van der Waals surface area contributed by atoms with E-state index < -0.39 is 0 Å². The highest BCUT2D eigenvalue weighted by atomic mass is 35.5. The highest BCUT2D eigenvalue weighted by Gasteiger charge is 2.14. The van der Waals surface area contributed by atoms with Crippen molar-refractivity contribution >= 4 is 22.6 Å². The van der Waals surface area contributed by atoms with Crippen LogP contribution in [0.4, 0.5) is 0 Å². The molecule has 1 aromatic heterocycles. The van der Waals surface area contributed by atoms with Crippen LogP contribution in [0.2, 0.25) is 0 Å². The Hall–Kier alpha value is -1.10. The molecule has 5 heteroatoms. The first kappa shape index (κ1) is 16.3. The first-order valence-corrected chi connectivity index (χ1v) is 7.74. The standard InChI is InChI=1S/C16H23ClN2O2/c1-12-5-6-15-14(11-12)18-16(13(2)17)19(15)7-4-8-21-10-9-20-3/h5-6,11,13H,4,7-10H2,1-3H3. The Labute approximate surface area is 131 Å². The van der Waals surface area contributed by atoms with E-state index in [4.69, 9.17) is 21.1 Å². The van der Waals surface area contributed by atoms with E-state index in [1.807, 2.05) is 6.92 Å². The first-order chi connectivity index (χ1) is 10.1. The molecule has 1 aromatic carbocycles. The molecule has 1 heterocycles. The Kier molecular flexibility index (Phi) is 6.03. The number of benzene rings is 1. The molecule has 0 amide bonds. The van der Waals surface area contributed by atoms with E-state index in [0.29, 0.717) is 19.8 Å². The molecule has 0 spiro atoms. The topological polar surface area (TPSA) is 36.3 Å². The van der Waals surface area contributed by atoms with Crippen molar-refractivity contribution in [2.45, 2.75) is 32.2 Å². The monoisotopic (exact) mass is 310 g/mol. The van der Waals surface area contributed by atoms with Gasteiger partial charge in [0.15, 0.2) is 0 Å². The number of rotatable bonds is 8. The Bertz CT molecular complexity index is 581. The van der Waals surface area contributed by atoms with Crippen LogP contribution in [0.1, 0.15) is 30.1 Å². The van der Waals surface area contributed by atoms with Gasteiger partial charge in [0, 0.05) is 20.3 Å². The molecule has 0 fully saturated rings. The van der Waals surface area contributed by atoms with E-state index >= 15 is 0 Å². The van der Waals surface area contributed by atoms with Crippen molar-refractivity contribution < 1.29 is 9.47 Å². The second-order valence-corrected chi connectivity index (χ2v) is 5.84. The number of aromatic nitrogens is 2. The quantitative estimate of drug-likeness (QED) is 0.551. The summed E-state index contributed by atoms with van der Waals surface area (Å²) in [5, 5.41) is -0.105. The lowest BCUT2D eigenvalue weighted by Crippen LogP contribution is -2.09. The zero-order valence-corrected chi connectivity index (χ0v) is 13.7. The fourth-order valence-electron chi connectivity index (χ4n) is 2.37. The number of ether oxygens (including phenoxy) is 2. The number of aryl methyl sites for hydroxylation is 2. The number of nitrogens with zero attached hydrogens (tertiary/aromatic N) is 2. The number of hydrogen-bond acceptors (Lipinski definition) is 3. The van der Waals surface area contributed by atoms with Crippen molar-refractivity contribution in [1.82, 2.24) is 9.55 Å². The number of imidazole rings is 1. The maximum atomic E-state index is 6.27. The molecule has 0 saturated carbocycles. The lowest BCUT2D eigenvalue weighted by molar-refractivity contribution is 0.0680. The van der Waals surface area contributed by atoms with Crippen molar-refractivity contribution in [3.05, 3.63) is 29.6 Å². The second kappa shape index (κ2) is 7.78. The van der Waals surface area contributed by atoms with Crippen LogP contribution in [0, 0.1) is 6.92 Å². The molecule has 1 atom stereocenters. The van der Waals surface area contributed by atoms with Crippen LogP contribution < -0.4 is 0 Å². The fraction of sp³-hybridized carbons (Fsp3) is 0.562. The van der Waals surface area contributed by atoms with Gasteiger partial charge >= 0.3 is 0 Å². The molecule has 2 aromatic rings. The molecule has 0 aliphatic heterocycles. The summed E-state index contributed by atoms with van der Waals surface area (Å²) in [4.78, 5) is 4.67. The molecule has 21 heavy (non-hydrogen) atoms. The second-order valence-electron chi connectivity index (χ2n) is 5.19. The van der Waals surface area contributed by atoms with Gasteiger partial charge in [-0.2, -0.15) is 0 Å². The fourth-order valence-corrected chi connectivity index (χ4v) is 2.53. The molecule has 0 bridgehead atoms. The maximum Gasteiger partial charge on any atom is 0.127 e. The molecule has 4 nitrogen and oxygen atoms in total. The van der Waals surface area contributed by atoms with Gasteiger partial charge < -0.3 is 14.0 Å². The normalized spacial score (nSPS) is 13.0. The van der Waals surface area contributed by atoms with Crippen molar-refractivity contribution in [3.63, 3.8) is 0 Å². The smallest absolute Gasteiger partial charge is 0.127 e. The van der Waals surface area contributed by atoms with Crippen LogP contribution in [0.5, 0.6) is 0 Å². The molecule has 0 N–H and O–H groups in total. The third-order valence-electron chi connectivity index (χ3n) is 3.39. The Morgan fingerprint density at radius 2 is 2.10 bits per heavy atom. The highest BCUT2D eigenvalue weighted by molar-refractivity contribution is 6.20. The number of halogens is 1. The van der Waals surface area contributed by atoms with Crippen LogP contribution in [0.15, 0.2) is 18.2 Å². The van der Waals surface area contributed by atoms with Crippen molar-refractivity contribution in [2.24, 2.45) is 0 Å². The van der Waals surface area contributed by atoms with E-state index in [1.165, 1.54) is 5.56 Å². The summed E-state index contributed by atoms with van der Waals surface area (Å²) >= 11 is 6.27. The van der Waals surface area contributed by atoms with Crippen LogP contribution in [-0.4, -0.2) is 36.5 Å². The SMILES string of the molecule is COCCOCCCn1c(C(C)Cl)nc2cc(C)ccc21. The lowest BCUT2D eigenvalue weighted by atomic mass is 10.2. The van der Waals surface area contributed by atoms with E-state index in [2.05, 4.69) is 34.7 Å². The van der Waals surface area contributed by atoms with Gasteiger partial charge in [-0.25, -0.2) is 4.98 Å². The molecule has 1 unspecified atom stereocenters. The van der Waals surface area contributed by atoms with Gasteiger partial charge in [-0.05, 0) is 38.0 Å². The summed E-state index contributed by atoms with van der Waals surface area (Å²) in [5.41, 5.74) is 3.36. The average Bonchev–Trinajstić information content (AvgIpc) is 2.80. The Morgan fingerprint density at radius 1 is 1.29 bits per heavy atom. The van der Waals surface area contributed by atoms with E-state index in [9.17, 15) is 0 Å². The number of methoxy groups -OCH3 is 1. The predicted octanol–water partition coefficient (Wildman–Crippen LogP) is 3.70. The van der Waals surface area contributed by atoms with E-state index in [0.717, 1.165) is 29.8 Å². The average molecular weight is 311 g/mol. The van der Waals surface area contributed by atoms with Gasteiger partial charge in [0.1, 0.15) is 5.82 Å². The molecule has 116 valence electrons. The van der Waals surface area contributed by atoms with Crippen molar-refractivity contribution in [2.75, 3.05) is 26.9 Å². The largest absolute Gasteiger partial charge is 0.382 e. The van der Waals surface area contributed by atoms with Gasteiger partial charge in [0.05, 0.1) is 29.6 Å². The molecule has 0 aliphatic rings. The van der Waals surface area contributed by atoms with Crippen LogP contribution in [0.25, 0.3) is 11.0 Å². The zero-order chi connectivity index (χ0) is 15.2. The van der Waals surface area contributed by atoms with Gasteiger partial charge in [-0.3, -0.25) is 0 Å². The maximum absolute atomic E-state index is 6.27. The van der Waals surface area contributed by atoms with Crippen LogP contribution >= 0.6 is 11.6 Å². The number of fused-ring (bicyclic) bond motifs is 1. The molecule has 2 rings (SSSR count). The predicted molar refractivity (Wildman–Crippen MR) is 86.1 cm³/mol. The Morgan fingerprint density at radius 3 is 2.81 bits per heavy atom. The summed E-state index contributed by atoms with van der Waals surface area (Å²) in [7, 11) is 1.68. The molecule has 0 radical (unpaired) electrons. The molecule has 0 saturated heterocycles. The summed E-state index contributed by atoms with van der Waals surface area (Å²) < 4.78 is 12.7. The minimum atomic E-state index is -0.105. The van der Waals surface area contributed by atoms with Crippen molar-refractivity contribution in [1.29, 1.82) is 0 Å². The molecule has 0 aliphatic carbocycles. The third-order valence-corrected chi connectivity index (χ3v) is 3.59. The van der Waals surface area contributed by atoms with Gasteiger partial charge in [-0.1, -0.05) is 6.07 Å². The molecular formula is C16H23ClN2O2. The zero-order valence-electron chi connectivity index (χ0n) is 12.9. The van der Waals surface area contributed by atoms with Crippen molar-refractivity contribution in [3.8, 4) is 0 Å². The third kappa shape index (κ3) is 4.19. The summed E-state index contributed by atoms with van der Waals surface area (Å²) in [6.45, 7) is 6.88. The van der Waals surface area contributed by atoms with Gasteiger partial charge in [-0.15, -0.1) is 11.6 Å². The summed E-state index contributed by atoms with van der Waals surface area (Å²) in [5.74, 6) is 0.925. The number of hydrogen-bond donors (Lipinski definition) is 0.